The molecule has 0 saturated heterocycles. The molecule has 0 saturated carbocycles. The molecule has 1 unspecified atom stereocenters. The van der Waals surface area contributed by atoms with E-state index in [9.17, 15) is 28.4 Å². The van der Waals surface area contributed by atoms with E-state index in [0.717, 1.165) is 10.8 Å². The predicted octanol–water partition coefficient (Wildman–Crippen LogP) is 1.53. The van der Waals surface area contributed by atoms with E-state index in [4.69, 9.17) is 0 Å². The average molecular weight is 429 g/mol. The van der Waals surface area contributed by atoms with Gasteiger partial charge in [-0.1, -0.05) is 50.2 Å². The van der Waals surface area contributed by atoms with E-state index in [2.05, 4.69) is 16.0 Å². The minimum atomic E-state index is -1.34. The molecule has 0 spiro atoms. The van der Waals surface area contributed by atoms with Crippen LogP contribution in [0.4, 0.5) is 10.1 Å². The summed E-state index contributed by atoms with van der Waals surface area (Å²) >= 11 is 0. The van der Waals surface area contributed by atoms with Crippen molar-refractivity contribution < 1.29 is 28.4 Å². The summed E-state index contributed by atoms with van der Waals surface area (Å²) in [7, 11) is 0. The van der Waals surface area contributed by atoms with Gasteiger partial charge >= 0.3 is 11.8 Å². The van der Waals surface area contributed by atoms with Crippen LogP contribution in [-0.2, 0) is 24.0 Å². The van der Waals surface area contributed by atoms with Crippen LogP contribution in [0.2, 0.25) is 0 Å². The van der Waals surface area contributed by atoms with Crippen LogP contribution in [-0.4, -0.2) is 48.5 Å². The Labute approximate surface area is 178 Å². The lowest BCUT2D eigenvalue weighted by Crippen LogP contribution is -2.55. The van der Waals surface area contributed by atoms with Gasteiger partial charge in [-0.3, -0.25) is 19.2 Å². The third-order valence-electron chi connectivity index (χ3n) is 4.65. The lowest BCUT2D eigenvalue weighted by atomic mass is 10.0. The zero-order chi connectivity index (χ0) is 23.0. The van der Waals surface area contributed by atoms with Crippen molar-refractivity contribution in [3.8, 4) is 0 Å². The van der Waals surface area contributed by atoms with Gasteiger partial charge in [0.15, 0.2) is 5.78 Å². The predicted molar refractivity (Wildman–Crippen MR) is 113 cm³/mol. The second-order valence-corrected chi connectivity index (χ2v) is 7.24. The van der Waals surface area contributed by atoms with Gasteiger partial charge in [0.2, 0.25) is 5.91 Å². The molecular weight excluding hydrogens is 405 g/mol. The summed E-state index contributed by atoms with van der Waals surface area (Å²) in [6, 6.07) is 10.0. The Balaban J connectivity index is 2.10. The fourth-order valence-corrected chi connectivity index (χ4v) is 2.98. The van der Waals surface area contributed by atoms with E-state index in [-0.39, 0.29) is 0 Å². The van der Waals surface area contributed by atoms with Crippen LogP contribution in [0.3, 0.4) is 0 Å². The lowest BCUT2D eigenvalue weighted by molar-refractivity contribution is -0.139. The summed E-state index contributed by atoms with van der Waals surface area (Å²) in [6.07, 6.45) is -0.00603. The van der Waals surface area contributed by atoms with E-state index in [1.165, 1.54) is 0 Å². The maximum Gasteiger partial charge on any atom is 0.313 e. The van der Waals surface area contributed by atoms with E-state index < -0.39 is 54.6 Å². The fourth-order valence-electron chi connectivity index (χ4n) is 2.98. The maximum atomic E-state index is 12.7. The number of fused-ring (bicyclic) bond motifs is 1. The smallest absolute Gasteiger partial charge is 0.313 e. The molecule has 2 rings (SSSR count). The van der Waals surface area contributed by atoms with Crippen LogP contribution in [0.25, 0.3) is 10.8 Å². The topological polar surface area (TPSA) is 121 Å². The highest BCUT2D eigenvalue weighted by molar-refractivity contribution is 6.40. The Hall–Kier alpha value is -3.62. The molecule has 9 heteroatoms. The molecule has 2 aromatic carbocycles. The van der Waals surface area contributed by atoms with Gasteiger partial charge in [-0.2, -0.15) is 0 Å². The van der Waals surface area contributed by atoms with Crippen molar-refractivity contribution >= 4 is 46.3 Å². The normalized spacial score (nSPS) is 12.6. The molecular formula is C22H24FN3O5. The number of ketones is 1. The number of benzene rings is 2. The summed E-state index contributed by atoms with van der Waals surface area (Å²) in [5, 5.41) is 8.73. The van der Waals surface area contributed by atoms with Crippen molar-refractivity contribution in [1.29, 1.82) is 0 Å². The van der Waals surface area contributed by atoms with Gasteiger partial charge in [0, 0.05) is 17.5 Å². The van der Waals surface area contributed by atoms with Gasteiger partial charge in [-0.15, -0.1) is 0 Å². The van der Waals surface area contributed by atoms with Crippen molar-refractivity contribution in [3.63, 3.8) is 0 Å². The molecule has 0 bridgehead atoms. The van der Waals surface area contributed by atoms with E-state index in [1.54, 1.807) is 38.1 Å². The monoisotopic (exact) mass is 429 g/mol. The number of halogens is 1. The average Bonchev–Trinajstić information content (AvgIpc) is 2.76. The first-order chi connectivity index (χ1) is 14.8. The largest absolute Gasteiger partial charge is 0.344 e. The van der Waals surface area contributed by atoms with Gasteiger partial charge in [-0.05, 0) is 17.4 Å². The highest BCUT2D eigenvalue weighted by Gasteiger charge is 2.30. The van der Waals surface area contributed by atoms with Gasteiger partial charge in [-0.25, -0.2) is 4.39 Å². The number of hydrogen-bond donors (Lipinski definition) is 3. The van der Waals surface area contributed by atoms with Gasteiger partial charge in [0.25, 0.3) is 0 Å². The van der Waals surface area contributed by atoms with Crippen LogP contribution >= 0.6 is 0 Å². The Morgan fingerprint density at radius 1 is 0.968 bits per heavy atom. The summed E-state index contributed by atoms with van der Waals surface area (Å²) in [6.45, 7) is 1.91. The maximum absolute atomic E-state index is 12.7. The summed E-state index contributed by atoms with van der Waals surface area (Å²) < 4.78 is 12.7. The number of amides is 3. The Kier molecular flexibility index (Phi) is 8.36. The molecule has 0 aliphatic heterocycles. The minimum absolute atomic E-state index is 0.388. The second-order valence-electron chi connectivity index (χ2n) is 7.24. The van der Waals surface area contributed by atoms with E-state index in [1.807, 2.05) is 18.2 Å². The first-order valence-corrected chi connectivity index (χ1v) is 9.70. The first-order valence-electron chi connectivity index (χ1n) is 9.70. The van der Waals surface area contributed by atoms with Crippen LogP contribution in [0.1, 0.15) is 20.3 Å². The number of rotatable bonds is 9. The summed E-state index contributed by atoms with van der Waals surface area (Å²) in [5.41, 5.74) is 0.434. The molecule has 0 aliphatic carbocycles. The highest BCUT2D eigenvalue weighted by atomic mass is 19.1. The number of nitrogens with one attached hydrogen (secondary N) is 3. The summed E-state index contributed by atoms with van der Waals surface area (Å²) in [4.78, 5) is 59.6. The van der Waals surface area contributed by atoms with Crippen molar-refractivity contribution in [1.82, 2.24) is 10.6 Å². The van der Waals surface area contributed by atoms with Crippen molar-refractivity contribution in [3.05, 3.63) is 42.5 Å². The fraction of sp³-hybridized carbons (Fsp3) is 0.318. The molecule has 0 aliphatic rings. The number of carbonyl (C=O) groups is 5. The van der Waals surface area contributed by atoms with Crippen LogP contribution in [0.15, 0.2) is 42.5 Å². The van der Waals surface area contributed by atoms with Crippen molar-refractivity contribution in [2.24, 2.45) is 5.92 Å². The number of alkyl halides is 1. The second kappa shape index (κ2) is 11.0. The molecule has 3 amide bonds. The molecule has 2 aromatic rings. The highest BCUT2D eigenvalue weighted by Crippen LogP contribution is 2.22. The zero-order valence-corrected chi connectivity index (χ0v) is 17.2. The van der Waals surface area contributed by atoms with Gasteiger partial charge < -0.3 is 20.7 Å². The minimum Gasteiger partial charge on any atom is -0.344 e. The SMILES string of the molecule is CC(C)[C@H](NC(=O)C(=O)Nc1cccc2ccccc12)C(=O)NC(CC=O)C(=O)CF. The Morgan fingerprint density at radius 2 is 1.65 bits per heavy atom. The molecule has 164 valence electrons. The molecule has 8 nitrogen and oxygen atoms in total. The zero-order valence-electron chi connectivity index (χ0n) is 17.2. The number of Topliss-reactive ketones (excluding diaryl/α,β-unsaturated/α-hetero) is 1. The molecule has 0 radical (unpaired) electrons. The number of anilines is 1. The number of carbonyl (C=O) groups excluding carboxylic acids is 5. The first kappa shape index (κ1) is 23.7. The van der Waals surface area contributed by atoms with Crippen LogP contribution in [0.5, 0.6) is 0 Å². The Bertz CT molecular complexity index is 987. The standard InChI is InChI=1S/C22H24FN3O5/c1-13(2)19(20(29)25-17(10-11-27)18(28)12-23)26-22(31)21(30)24-16-9-5-7-14-6-3-4-8-15(14)16/h3-9,11,13,17,19H,10,12H2,1-2H3,(H,24,30)(H,25,29)(H,26,31)/t17?,19-/m0/s1. The van der Waals surface area contributed by atoms with E-state index in [0.29, 0.717) is 12.0 Å². The molecule has 0 aromatic heterocycles. The molecule has 31 heavy (non-hydrogen) atoms. The molecule has 3 N–H and O–H groups in total. The summed E-state index contributed by atoms with van der Waals surface area (Å²) in [5.74, 6) is -4.23. The quantitative estimate of drug-likeness (QED) is 0.412. The third-order valence-corrected chi connectivity index (χ3v) is 4.65. The molecule has 0 heterocycles. The van der Waals surface area contributed by atoms with Crippen LogP contribution < -0.4 is 16.0 Å². The third kappa shape index (κ3) is 6.18. The van der Waals surface area contributed by atoms with Crippen molar-refractivity contribution in [2.45, 2.75) is 32.4 Å². The van der Waals surface area contributed by atoms with Gasteiger partial charge in [0.1, 0.15) is 19.0 Å². The lowest BCUT2D eigenvalue weighted by Gasteiger charge is -2.24. The van der Waals surface area contributed by atoms with E-state index >= 15 is 0 Å². The number of aldehydes is 1. The Morgan fingerprint density at radius 3 is 2.29 bits per heavy atom. The van der Waals surface area contributed by atoms with Crippen LogP contribution in [0, 0.1) is 5.92 Å². The van der Waals surface area contributed by atoms with Gasteiger partial charge in [0.05, 0.1) is 6.04 Å². The van der Waals surface area contributed by atoms with Crippen molar-refractivity contribution in [2.75, 3.05) is 12.0 Å². The molecule has 0 fully saturated rings. The molecule has 2 atom stereocenters. The number of hydrogen-bond acceptors (Lipinski definition) is 5.